The minimum absolute atomic E-state index is 0.0531. The smallest absolute Gasteiger partial charge is 0.209 e. The van der Waals surface area contributed by atoms with Crippen molar-refractivity contribution in [3.05, 3.63) is 71.4 Å². The lowest BCUT2D eigenvalue weighted by molar-refractivity contribution is -0.254. The summed E-state index contributed by atoms with van der Waals surface area (Å²) in [6, 6.07) is 15.4. The summed E-state index contributed by atoms with van der Waals surface area (Å²) < 4.78 is 0. The normalized spacial score (nSPS) is 10.6. The minimum Gasteiger partial charge on any atom is -0.545 e. The van der Waals surface area contributed by atoms with Gasteiger partial charge in [0.05, 0.1) is 11.7 Å². The first kappa shape index (κ1) is 12.2. The van der Waals surface area contributed by atoms with Crippen LogP contribution in [0.3, 0.4) is 0 Å². The zero-order valence-corrected chi connectivity index (χ0v) is 10.4. The van der Waals surface area contributed by atoms with Crippen molar-refractivity contribution < 1.29 is 14.7 Å². The molecule has 98 valence electrons. The molecule has 20 heavy (non-hydrogen) atoms. The molecule has 0 amide bonds. The molecule has 3 rings (SSSR count). The number of carboxylic acids is 1. The number of carbonyl (C=O) groups is 2. The van der Waals surface area contributed by atoms with Crippen molar-refractivity contribution in [1.82, 2.24) is 4.98 Å². The quantitative estimate of drug-likeness (QED) is 0.732. The van der Waals surface area contributed by atoms with Gasteiger partial charge in [-0.2, -0.15) is 0 Å². The van der Waals surface area contributed by atoms with E-state index in [9.17, 15) is 14.7 Å². The number of hydrogen-bond donors (Lipinski definition) is 1. The van der Waals surface area contributed by atoms with Crippen LogP contribution < -0.4 is 5.11 Å². The summed E-state index contributed by atoms with van der Waals surface area (Å²) in [7, 11) is 0. The molecule has 4 nitrogen and oxygen atoms in total. The molecule has 0 unspecified atom stereocenters. The van der Waals surface area contributed by atoms with E-state index in [-0.39, 0.29) is 17.0 Å². The zero-order valence-electron chi connectivity index (χ0n) is 10.4. The van der Waals surface area contributed by atoms with Crippen molar-refractivity contribution >= 4 is 22.7 Å². The third kappa shape index (κ3) is 1.87. The second-order valence-electron chi connectivity index (χ2n) is 4.40. The molecule has 0 aliphatic heterocycles. The predicted octanol–water partition coefficient (Wildman–Crippen LogP) is 1.76. The summed E-state index contributed by atoms with van der Waals surface area (Å²) in [6.07, 6.45) is 0. The maximum absolute atomic E-state index is 12.4. The number of aromatic carboxylic acids is 1. The van der Waals surface area contributed by atoms with Gasteiger partial charge < -0.3 is 14.9 Å². The maximum Gasteiger partial charge on any atom is 0.209 e. The zero-order chi connectivity index (χ0) is 14.1. The highest BCUT2D eigenvalue weighted by Crippen LogP contribution is 2.23. The molecule has 0 spiro atoms. The Hall–Kier alpha value is -2.88. The Kier molecular flexibility index (Phi) is 2.84. The highest BCUT2D eigenvalue weighted by Gasteiger charge is 2.19. The molecular formula is C16H10NO3-. The molecular weight excluding hydrogens is 254 g/mol. The first-order chi connectivity index (χ1) is 9.68. The number of rotatable bonds is 3. The summed E-state index contributed by atoms with van der Waals surface area (Å²) in [5, 5.41) is 11.8. The van der Waals surface area contributed by atoms with Crippen LogP contribution in [-0.2, 0) is 0 Å². The van der Waals surface area contributed by atoms with Crippen LogP contribution in [0.15, 0.2) is 54.6 Å². The van der Waals surface area contributed by atoms with Crippen molar-refractivity contribution in [2.45, 2.75) is 0 Å². The van der Waals surface area contributed by atoms with E-state index in [4.69, 9.17) is 0 Å². The molecule has 0 saturated heterocycles. The van der Waals surface area contributed by atoms with Crippen molar-refractivity contribution in [1.29, 1.82) is 0 Å². The number of benzene rings is 2. The van der Waals surface area contributed by atoms with E-state index >= 15 is 0 Å². The van der Waals surface area contributed by atoms with Crippen LogP contribution in [0.5, 0.6) is 0 Å². The lowest BCUT2D eigenvalue weighted by atomic mass is 10.0. The number of aromatic nitrogens is 1. The minimum atomic E-state index is -1.36. The molecule has 0 saturated carbocycles. The lowest BCUT2D eigenvalue weighted by Gasteiger charge is -2.05. The molecule has 1 aromatic heterocycles. The maximum atomic E-state index is 12.4. The molecule has 0 fully saturated rings. The predicted molar refractivity (Wildman–Crippen MR) is 72.5 cm³/mol. The van der Waals surface area contributed by atoms with Crippen molar-refractivity contribution in [3.63, 3.8) is 0 Å². The Morgan fingerprint density at radius 2 is 1.55 bits per heavy atom. The third-order valence-electron chi connectivity index (χ3n) is 3.17. The van der Waals surface area contributed by atoms with E-state index in [1.54, 1.807) is 54.6 Å². The summed E-state index contributed by atoms with van der Waals surface area (Å²) in [4.78, 5) is 26.6. The van der Waals surface area contributed by atoms with Crippen LogP contribution in [-0.4, -0.2) is 16.7 Å². The molecule has 0 atom stereocenters. The van der Waals surface area contributed by atoms with Gasteiger partial charge in [0.15, 0.2) is 0 Å². The third-order valence-corrected chi connectivity index (χ3v) is 3.17. The molecule has 0 radical (unpaired) electrons. The van der Waals surface area contributed by atoms with Gasteiger partial charge in [0.25, 0.3) is 0 Å². The van der Waals surface area contributed by atoms with Crippen LogP contribution in [0.2, 0.25) is 0 Å². The monoisotopic (exact) mass is 264 g/mol. The van der Waals surface area contributed by atoms with Crippen LogP contribution in [0, 0.1) is 0 Å². The second-order valence-corrected chi connectivity index (χ2v) is 4.40. The van der Waals surface area contributed by atoms with Gasteiger partial charge in [0, 0.05) is 22.0 Å². The number of ketones is 1. The second kappa shape index (κ2) is 4.66. The molecule has 0 bridgehead atoms. The number of H-pyrrole nitrogens is 1. The summed E-state index contributed by atoms with van der Waals surface area (Å²) in [6.45, 7) is 0. The average molecular weight is 264 g/mol. The molecule has 0 aliphatic carbocycles. The fourth-order valence-corrected chi connectivity index (χ4v) is 2.26. The Morgan fingerprint density at radius 1 is 0.900 bits per heavy atom. The van der Waals surface area contributed by atoms with E-state index in [1.807, 2.05) is 0 Å². The number of nitrogens with one attached hydrogen (secondary N) is 1. The van der Waals surface area contributed by atoms with E-state index < -0.39 is 5.97 Å². The summed E-state index contributed by atoms with van der Waals surface area (Å²) in [5.41, 5.74) is 0.999. The molecule has 3 aromatic rings. The van der Waals surface area contributed by atoms with Crippen molar-refractivity contribution in [2.75, 3.05) is 0 Å². The van der Waals surface area contributed by atoms with E-state index in [0.29, 0.717) is 16.5 Å². The van der Waals surface area contributed by atoms with Crippen molar-refractivity contribution in [2.24, 2.45) is 0 Å². The average Bonchev–Trinajstić information content (AvgIpc) is 2.86. The number of carboxylic acid groups (broad SMARTS) is 1. The Labute approximate surface area is 114 Å². The molecule has 1 N–H and O–H groups in total. The SMILES string of the molecule is O=C(c1ccccc1)c1[nH]c2ccccc2c1C(=O)[O-]. The lowest BCUT2D eigenvalue weighted by Crippen LogP contribution is -2.24. The topological polar surface area (TPSA) is 73.0 Å². The molecule has 1 heterocycles. The fraction of sp³-hybridized carbons (Fsp3) is 0. The van der Waals surface area contributed by atoms with E-state index in [2.05, 4.69) is 4.98 Å². The first-order valence-corrected chi connectivity index (χ1v) is 6.10. The van der Waals surface area contributed by atoms with Gasteiger partial charge >= 0.3 is 0 Å². The number of carbonyl (C=O) groups excluding carboxylic acids is 2. The van der Waals surface area contributed by atoms with Gasteiger partial charge in [-0.05, 0) is 6.07 Å². The van der Waals surface area contributed by atoms with E-state index in [0.717, 1.165) is 0 Å². The van der Waals surface area contributed by atoms with Crippen LogP contribution >= 0.6 is 0 Å². The summed E-state index contributed by atoms with van der Waals surface area (Å²) >= 11 is 0. The standard InChI is InChI=1S/C16H11NO3/c18-15(10-6-2-1-3-7-10)14-13(16(19)20)11-8-4-5-9-12(11)17-14/h1-9,17H,(H,19,20)/p-1. The summed E-state index contributed by atoms with van der Waals surface area (Å²) in [5.74, 6) is -1.72. The molecule has 2 aromatic carbocycles. The van der Waals surface area contributed by atoms with Crippen LogP contribution in [0.4, 0.5) is 0 Å². The molecule has 0 aliphatic rings. The fourth-order valence-electron chi connectivity index (χ4n) is 2.26. The van der Waals surface area contributed by atoms with Gasteiger partial charge in [-0.1, -0.05) is 48.5 Å². The van der Waals surface area contributed by atoms with Gasteiger partial charge in [-0.25, -0.2) is 0 Å². The van der Waals surface area contributed by atoms with Gasteiger partial charge in [0.2, 0.25) is 5.78 Å². The van der Waals surface area contributed by atoms with Crippen molar-refractivity contribution in [3.8, 4) is 0 Å². The largest absolute Gasteiger partial charge is 0.545 e. The van der Waals surface area contributed by atoms with E-state index in [1.165, 1.54) is 0 Å². The Balaban J connectivity index is 2.24. The molecule has 4 heteroatoms. The van der Waals surface area contributed by atoms with Gasteiger partial charge in [-0.15, -0.1) is 0 Å². The van der Waals surface area contributed by atoms with Crippen LogP contribution in [0.25, 0.3) is 10.9 Å². The van der Waals surface area contributed by atoms with Gasteiger partial charge in [0.1, 0.15) is 0 Å². The number of hydrogen-bond acceptors (Lipinski definition) is 3. The Morgan fingerprint density at radius 3 is 2.25 bits per heavy atom. The first-order valence-electron chi connectivity index (χ1n) is 6.10. The number of aromatic amines is 1. The van der Waals surface area contributed by atoms with Gasteiger partial charge in [-0.3, -0.25) is 4.79 Å². The number of fused-ring (bicyclic) bond motifs is 1. The van der Waals surface area contributed by atoms with Crippen LogP contribution in [0.1, 0.15) is 26.4 Å². The highest BCUT2D eigenvalue weighted by molar-refractivity contribution is 6.18. The highest BCUT2D eigenvalue weighted by atomic mass is 16.4. The Bertz CT molecular complexity index is 803. The number of para-hydroxylation sites is 1.